The van der Waals surface area contributed by atoms with E-state index in [-0.39, 0.29) is 12.5 Å². The van der Waals surface area contributed by atoms with Crippen molar-refractivity contribution < 1.29 is 39.8 Å². The molecule has 9 heteroatoms. The molecule has 1 aliphatic rings. The molecule has 0 aromatic carbocycles. The zero-order valence-electron chi connectivity index (χ0n) is 45.9. The molecule has 6 N–H and O–H groups in total. The van der Waals surface area contributed by atoms with Crippen LogP contribution >= 0.6 is 0 Å². The van der Waals surface area contributed by atoms with Gasteiger partial charge in [0.1, 0.15) is 24.4 Å². The van der Waals surface area contributed by atoms with Gasteiger partial charge in [0.2, 0.25) is 5.91 Å². The summed E-state index contributed by atoms with van der Waals surface area (Å²) in [6.07, 6.45) is 54.2. The van der Waals surface area contributed by atoms with Crippen LogP contribution in [0.3, 0.4) is 0 Å². The summed E-state index contributed by atoms with van der Waals surface area (Å²) >= 11 is 0. The van der Waals surface area contributed by atoms with Crippen LogP contribution in [0, 0.1) is 0 Å². The monoisotopic (exact) mass is 982 g/mol. The summed E-state index contributed by atoms with van der Waals surface area (Å²) in [4.78, 5) is 13.1. The Balaban J connectivity index is 2.16. The van der Waals surface area contributed by atoms with Crippen molar-refractivity contribution >= 4 is 5.91 Å². The molecular weight excluding hydrogens is 863 g/mol. The summed E-state index contributed by atoms with van der Waals surface area (Å²) in [6, 6.07) is -0.714. The van der Waals surface area contributed by atoms with E-state index in [1.807, 2.05) is 0 Å². The van der Waals surface area contributed by atoms with E-state index in [0.717, 1.165) is 38.5 Å². The van der Waals surface area contributed by atoms with Gasteiger partial charge in [0.25, 0.3) is 0 Å². The van der Waals surface area contributed by atoms with Crippen LogP contribution in [0.5, 0.6) is 0 Å². The van der Waals surface area contributed by atoms with Gasteiger partial charge in [-0.15, -0.1) is 0 Å². The molecule has 0 saturated carbocycles. The lowest BCUT2D eigenvalue weighted by atomic mass is 9.99. The highest BCUT2D eigenvalue weighted by Crippen LogP contribution is 2.24. The van der Waals surface area contributed by atoms with Crippen LogP contribution in [0.4, 0.5) is 0 Å². The largest absolute Gasteiger partial charge is 0.394 e. The van der Waals surface area contributed by atoms with Crippen LogP contribution in [0.25, 0.3) is 0 Å². The van der Waals surface area contributed by atoms with Crippen molar-refractivity contribution in [2.75, 3.05) is 13.2 Å². The lowest BCUT2D eigenvalue weighted by molar-refractivity contribution is -0.302. The normalized spacial score (nSPS) is 19.3. The number of rotatable bonds is 54. The van der Waals surface area contributed by atoms with Crippen LogP contribution in [0.15, 0.2) is 0 Å². The standard InChI is InChI=1S/C60H119NO8/c1-3-5-7-9-11-13-15-17-19-21-23-25-27-29-31-33-35-37-39-41-43-45-47-49-54(63)53(52-68-60-59(67)58(66)57(65)55(51-62)69-60)61-56(64)50-48-46-44-42-40-38-36-34-32-30-28-26-24-22-20-18-16-14-12-10-8-6-4-2/h53-55,57-60,62-63,65-67H,3-52H2,1-2H3,(H,61,64). The Morgan fingerprint density at radius 1 is 0.435 bits per heavy atom. The van der Waals surface area contributed by atoms with Crippen molar-refractivity contribution in [1.29, 1.82) is 0 Å². The molecule has 7 atom stereocenters. The van der Waals surface area contributed by atoms with E-state index < -0.39 is 49.5 Å². The number of carbonyl (C=O) groups is 1. The Bertz CT molecular complexity index is 1050. The second kappa shape index (κ2) is 50.7. The number of unbranched alkanes of at least 4 members (excludes halogenated alkanes) is 44. The first-order valence-corrected chi connectivity index (χ1v) is 30.7. The fourth-order valence-electron chi connectivity index (χ4n) is 10.3. The lowest BCUT2D eigenvalue weighted by Crippen LogP contribution is -2.60. The topological polar surface area (TPSA) is 149 Å². The second-order valence-corrected chi connectivity index (χ2v) is 21.9. The fraction of sp³-hybridized carbons (Fsp3) is 0.983. The third-order valence-corrected chi connectivity index (χ3v) is 15.2. The third kappa shape index (κ3) is 40.3. The number of aliphatic hydroxyl groups is 5. The van der Waals surface area contributed by atoms with Crippen molar-refractivity contribution in [2.45, 2.75) is 365 Å². The average molecular weight is 983 g/mol. The molecule has 1 fully saturated rings. The van der Waals surface area contributed by atoms with E-state index >= 15 is 0 Å². The Labute approximate surface area is 427 Å². The first-order valence-electron chi connectivity index (χ1n) is 30.7. The van der Waals surface area contributed by atoms with Crippen LogP contribution in [0.2, 0.25) is 0 Å². The SMILES string of the molecule is CCCCCCCCCCCCCCCCCCCCCCCCCC(=O)NC(COC1OC(CO)C(O)C(O)C1O)C(O)CCCCCCCCCCCCCCCCCCCCCCCCC. The fourth-order valence-corrected chi connectivity index (χ4v) is 10.3. The molecule has 1 amide bonds. The highest BCUT2D eigenvalue weighted by atomic mass is 16.7. The van der Waals surface area contributed by atoms with Gasteiger partial charge in [0.15, 0.2) is 6.29 Å². The molecule has 69 heavy (non-hydrogen) atoms. The van der Waals surface area contributed by atoms with E-state index in [0.29, 0.717) is 12.8 Å². The first-order chi connectivity index (χ1) is 33.8. The smallest absolute Gasteiger partial charge is 0.220 e. The number of aliphatic hydroxyl groups excluding tert-OH is 5. The lowest BCUT2D eigenvalue weighted by Gasteiger charge is -2.40. The number of ether oxygens (including phenoxy) is 2. The molecule has 0 spiro atoms. The number of nitrogens with one attached hydrogen (secondary N) is 1. The molecule has 9 nitrogen and oxygen atoms in total. The molecule has 412 valence electrons. The summed E-state index contributed by atoms with van der Waals surface area (Å²) in [5.41, 5.74) is 0. The van der Waals surface area contributed by atoms with Crippen LogP contribution in [0.1, 0.15) is 322 Å². The van der Waals surface area contributed by atoms with Crippen molar-refractivity contribution in [3.63, 3.8) is 0 Å². The summed E-state index contributed by atoms with van der Waals surface area (Å²) < 4.78 is 11.3. The molecule has 0 aliphatic carbocycles. The highest BCUT2D eigenvalue weighted by Gasteiger charge is 2.44. The quantitative estimate of drug-likeness (QED) is 0.0330. The predicted octanol–water partition coefficient (Wildman–Crippen LogP) is 15.4. The minimum atomic E-state index is -1.55. The zero-order chi connectivity index (χ0) is 50.1. The molecule has 7 unspecified atom stereocenters. The van der Waals surface area contributed by atoms with E-state index in [4.69, 9.17) is 9.47 Å². The van der Waals surface area contributed by atoms with E-state index in [1.54, 1.807) is 0 Å². The highest BCUT2D eigenvalue weighted by molar-refractivity contribution is 5.76. The van der Waals surface area contributed by atoms with Crippen molar-refractivity contribution in [3.8, 4) is 0 Å². The number of hydrogen-bond donors (Lipinski definition) is 6. The number of carbonyl (C=O) groups excluding carboxylic acids is 1. The maximum Gasteiger partial charge on any atom is 0.220 e. The summed E-state index contributed by atoms with van der Waals surface area (Å²) in [5.74, 6) is -0.135. The molecule has 0 aromatic heterocycles. The van der Waals surface area contributed by atoms with Gasteiger partial charge in [0, 0.05) is 6.42 Å². The molecule has 1 saturated heterocycles. The molecular formula is C60H119NO8. The van der Waals surface area contributed by atoms with Gasteiger partial charge < -0.3 is 40.3 Å². The van der Waals surface area contributed by atoms with Gasteiger partial charge in [0.05, 0.1) is 25.4 Å². The minimum Gasteiger partial charge on any atom is -0.394 e. The molecule has 1 heterocycles. The van der Waals surface area contributed by atoms with E-state index in [1.165, 1.54) is 257 Å². The predicted molar refractivity (Wildman–Crippen MR) is 291 cm³/mol. The number of hydrogen-bond acceptors (Lipinski definition) is 8. The molecule has 1 rings (SSSR count). The Morgan fingerprint density at radius 2 is 0.725 bits per heavy atom. The van der Waals surface area contributed by atoms with Gasteiger partial charge in [-0.25, -0.2) is 0 Å². The maximum absolute atomic E-state index is 13.1. The maximum atomic E-state index is 13.1. The Kier molecular flexibility index (Phi) is 48.7. The average Bonchev–Trinajstić information content (AvgIpc) is 3.35. The third-order valence-electron chi connectivity index (χ3n) is 15.2. The van der Waals surface area contributed by atoms with Crippen molar-refractivity contribution in [2.24, 2.45) is 0 Å². The zero-order valence-corrected chi connectivity index (χ0v) is 45.9. The van der Waals surface area contributed by atoms with Crippen molar-refractivity contribution in [1.82, 2.24) is 5.32 Å². The summed E-state index contributed by atoms with van der Waals surface area (Å²) in [5, 5.41) is 54.8. The van der Waals surface area contributed by atoms with Crippen LogP contribution in [-0.2, 0) is 14.3 Å². The number of amides is 1. The van der Waals surface area contributed by atoms with E-state index in [2.05, 4.69) is 19.2 Å². The Morgan fingerprint density at radius 3 is 1.03 bits per heavy atom. The van der Waals surface area contributed by atoms with Gasteiger partial charge in [-0.1, -0.05) is 303 Å². The molecule has 0 radical (unpaired) electrons. The molecule has 0 aromatic rings. The molecule has 1 aliphatic heterocycles. The summed E-state index contributed by atoms with van der Waals surface area (Å²) in [6.45, 7) is 3.90. The van der Waals surface area contributed by atoms with Gasteiger partial charge >= 0.3 is 0 Å². The Hall–Kier alpha value is -0.810. The molecule has 0 bridgehead atoms. The van der Waals surface area contributed by atoms with Gasteiger partial charge in [-0.05, 0) is 12.8 Å². The first kappa shape index (κ1) is 66.2. The van der Waals surface area contributed by atoms with Crippen LogP contribution in [-0.4, -0.2) is 87.5 Å². The summed E-state index contributed by atoms with van der Waals surface area (Å²) in [7, 11) is 0. The van der Waals surface area contributed by atoms with Gasteiger partial charge in [-0.3, -0.25) is 4.79 Å². The van der Waals surface area contributed by atoms with Crippen LogP contribution < -0.4 is 5.32 Å². The van der Waals surface area contributed by atoms with E-state index in [9.17, 15) is 30.3 Å². The van der Waals surface area contributed by atoms with Crippen molar-refractivity contribution in [3.05, 3.63) is 0 Å². The second-order valence-electron chi connectivity index (χ2n) is 21.9. The van der Waals surface area contributed by atoms with Gasteiger partial charge in [-0.2, -0.15) is 0 Å². The minimum absolute atomic E-state index is 0.131.